The molecule has 0 atom stereocenters. The molecule has 2 rings (SSSR count). The Bertz CT molecular complexity index is 691. The van der Waals surface area contributed by atoms with Crippen molar-refractivity contribution in [3.05, 3.63) is 59.8 Å². The van der Waals surface area contributed by atoms with Crippen LogP contribution in [-0.2, 0) is 11.3 Å². The smallest absolute Gasteiger partial charge is 0.227 e. The molecule has 0 aliphatic rings. The Hall–Kier alpha value is -2.16. The number of carbonyl (C=O) groups is 1. The lowest BCUT2D eigenvalue weighted by atomic mass is 10.2. The summed E-state index contributed by atoms with van der Waals surface area (Å²) in [5.41, 5.74) is 2.04. The van der Waals surface area contributed by atoms with Gasteiger partial charge < -0.3 is 16.0 Å². The van der Waals surface area contributed by atoms with E-state index >= 15 is 0 Å². The lowest BCUT2D eigenvalue weighted by Gasteiger charge is -2.12. The van der Waals surface area contributed by atoms with Crippen molar-refractivity contribution in [1.82, 2.24) is 15.6 Å². The number of aromatic nitrogens is 1. The number of nitrogens with one attached hydrogen (secondary N) is 3. The summed E-state index contributed by atoms with van der Waals surface area (Å²) >= 11 is 0. The van der Waals surface area contributed by atoms with E-state index in [-0.39, 0.29) is 29.9 Å². The van der Waals surface area contributed by atoms with Gasteiger partial charge in [-0.15, -0.1) is 24.0 Å². The van der Waals surface area contributed by atoms with Gasteiger partial charge in [0.05, 0.1) is 0 Å². The van der Waals surface area contributed by atoms with Gasteiger partial charge in [0.15, 0.2) is 5.96 Å². The van der Waals surface area contributed by atoms with Crippen molar-refractivity contribution in [3.8, 4) is 0 Å². The lowest BCUT2D eigenvalue weighted by molar-refractivity contribution is -0.116. The molecule has 3 N–H and O–H groups in total. The Balaban J connectivity index is 0.00000312. The SMILES string of the molecule is CN=C(NCCC(=O)Nc1cccc(C)n1)NCc1ccccc1.I. The predicted octanol–water partition coefficient (Wildman–Crippen LogP) is 2.70. The van der Waals surface area contributed by atoms with Crippen molar-refractivity contribution < 1.29 is 4.79 Å². The minimum absolute atomic E-state index is 0. The van der Waals surface area contributed by atoms with Crippen LogP contribution in [0.1, 0.15) is 17.7 Å². The summed E-state index contributed by atoms with van der Waals surface area (Å²) in [5, 5.41) is 9.12. The van der Waals surface area contributed by atoms with E-state index in [1.54, 1.807) is 13.1 Å². The molecule has 0 bridgehead atoms. The third kappa shape index (κ3) is 7.97. The summed E-state index contributed by atoms with van der Waals surface area (Å²) in [5.74, 6) is 1.16. The maximum atomic E-state index is 11.9. The fraction of sp³-hybridized carbons (Fsp3) is 0.278. The molecule has 0 fully saturated rings. The third-order valence-electron chi connectivity index (χ3n) is 3.33. The van der Waals surface area contributed by atoms with E-state index in [1.165, 1.54) is 5.56 Å². The summed E-state index contributed by atoms with van der Waals surface area (Å²) < 4.78 is 0. The Kier molecular flexibility index (Phi) is 9.53. The highest BCUT2D eigenvalue weighted by Gasteiger charge is 2.04. The molecule has 6 nitrogen and oxygen atoms in total. The first kappa shape index (κ1) is 20.9. The van der Waals surface area contributed by atoms with Crippen LogP contribution in [0.3, 0.4) is 0 Å². The number of rotatable bonds is 6. The number of carbonyl (C=O) groups excluding carboxylic acids is 1. The Morgan fingerprint density at radius 1 is 1.08 bits per heavy atom. The topological polar surface area (TPSA) is 78.4 Å². The van der Waals surface area contributed by atoms with E-state index in [9.17, 15) is 4.79 Å². The minimum Gasteiger partial charge on any atom is -0.356 e. The molecule has 1 aromatic carbocycles. The fourth-order valence-electron chi connectivity index (χ4n) is 2.11. The number of amides is 1. The summed E-state index contributed by atoms with van der Waals surface area (Å²) in [4.78, 5) is 20.3. The van der Waals surface area contributed by atoms with E-state index in [1.807, 2.05) is 49.4 Å². The van der Waals surface area contributed by atoms with Crippen molar-refractivity contribution in [3.63, 3.8) is 0 Å². The van der Waals surface area contributed by atoms with Crippen LogP contribution in [0.15, 0.2) is 53.5 Å². The van der Waals surface area contributed by atoms with Crippen molar-refractivity contribution in [2.24, 2.45) is 4.99 Å². The van der Waals surface area contributed by atoms with Gasteiger partial charge in [0.1, 0.15) is 5.82 Å². The molecule has 134 valence electrons. The summed E-state index contributed by atoms with van der Waals surface area (Å²) in [7, 11) is 1.71. The molecule has 0 radical (unpaired) electrons. The van der Waals surface area contributed by atoms with Gasteiger partial charge in [-0.3, -0.25) is 9.79 Å². The fourth-order valence-corrected chi connectivity index (χ4v) is 2.11. The Morgan fingerprint density at radius 2 is 1.84 bits per heavy atom. The largest absolute Gasteiger partial charge is 0.356 e. The number of halogens is 1. The number of benzene rings is 1. The Labute approximate surface area is 165 Å². The number of aryl methyl sites for hydroxylation is 1. The molecule has 1 heterocycles. The van der Waals surface area contributed by atoms with Gasteiger partial charge in [0.25, 0.3) is 0 Å². The quantitative estimate of drug-likeness (QED) is 0.357. The molecular weight excluding hydrogens is 429 g/mol. The first-order valence-electron chi connectivity index (χ1n) is 7.89. The van der Waals surface area contributed by atoms with Crippen LogP contribution in [0.25, 0.3) is 0 Å². The second-order valence-electron chi connectivity index (χ2n) is 5.30. The molecule has 0 aliphatic carbocycles. The summed E-state index contributed by atoms with van der Waals surface area (Å²) in [6, 6.07) is 15.6. The van der Waals surface area contributed by atoms with Crippen LogP contribution in [-0.4, -0.2) is 30.4 Å². The van der Waals surface area contributed by atoms with Crippen molar-refractivity contribution in [2.45, 2.75) is 19.9 Å². The number of aliphatic imine (C=N–C) groups is 1. The van der Waals surface area contributed by atoms with Crippen LogP contribution in [0.5, 0.6) is 0 Å². The summed E-state index contributed by atoms with van der Waals surface area (Å²) in [6.07, 6.45) is 0.335. The van der Waals surface area contributed by atoms with E-state index in [0.29, 0.717) is 31.3 Å². The Morgan fingerprint density at radius 3 is 2.52 bits per heavy atom. The van der Waals surface area contributed by atoms with Gasteiger partial charge in [0.2, 0.25) is 5.91 Å². The molecule has 0 saturated carbocycles. The molecule has 2 aromatic rings. The van der Waals surface area contributed by atoms with Crippen LogP contribution in [0.2, 0.25) is 0 Å². The van der Waals surface area contributed by atoms with Crippen LogP contribution < -0.4 is 16.0 Å². The zero-order valence-corrected chi connectivity index (χ0v) is 16.8. The van der Waals surface area contributed by atoms with E-state index in [0.717, 1.165) is 5.69 Å². The molecule has 0 saturated heterocycles. The lowest BCUT2D eigenvalue weighted by Crippen LogP contribution is -2.38. The van der Waals surface area contributed by atoms with Crippen molar-refractivity contribution in [1.29, 1.82) is 0 Å². The average molecular weight is 453 g/mol. The predicted molar refractivity (Wildman–Crippen MR) is 112 cm³/mol. The second kappa shape index (κ2) is 11.4. The normalized spacial score (nSPS) is 10.6. The summed E-state index contributed by atoms with van der Waals surface area (Å²) in [6.45, 7) is 3.06. The molecule has 0 spiro atoms. The van der Waals surface area contributed by atoms with Gasteiger partial charge in [0, 0.05) is 32.3 Å². The molecule has 1 amide bonds. The van der Waals surface area contributed by atoms with Crippen LogP contribution >= 0.6 is 24.0 Å². The zero-order valence-electron chi connectivity index (χ0n) is 14.5. The van der Waals surface area contributed by atoms with Crippen molar-refractivity contribution >= 4 is 41.7 Å². The van der Waals surface area contributed by atoms with Gasteiger partial charge in [-0.25, -0.2) is 4.98 Å². The number of pyridine rings is 1. The van der Waals surface area contributed by atoms with E-state index in [4.69, 9.17) is 0 Å². The monoisotopic (exact) mass is 453 g/mol. The van der Waals surface area contributed by atoms with Gasteiger partial charge in [-0.05, 0) is 24.6 Å². The van der Waals surface area contributed by atoms with Crippen LogP contribution in [0, 0.1) is 6.92 Å². The highest BCUT2D eigenvalue weighted by molar-refractivity contribution is 14.0. The standard InChI is InChI=1S/C18H23N5O.HI/c1-14-7-6-10-16(22-14)23-17(24)11-12-20-18(19-2)21-13-15-8-4-3-5-9-15;/h3-10H,11-13H2,1-2H3,(H2,19,20,21)(H,22,23,24);1H. The van der Waals surface area contributed by atoms with Gasteiger partial charge in [-0.2, -0.15) is 0 Å². The average Bonchev–Trinajstić information content (AvgIpc) is 2.59. The highest BCUT2D eigenvalue weighted by Crippen LogP contribution is 2.04. The first-order valence-corrected chi connectivity index (χ1v) is 7.89. The second-order valence-corrected chi connectivity index (χ2v) is 5.30. The molecule has 0 aliphatic heterocycles. The third-order valence-corrected chi connectivity index (χ3v) is 3.33. The molecule has 1 aromatic heterocycles. The van der Waals surface area contributed by atoms with Gasteiger partial charge >= 0.3 is 0 Å². The minimum atomic E-state index is -0.0842. The molecular formula is C18H24IN5O. The maximum Gasteiger partial charge on any atom is 0.227 e. The first-order chi connectivity index (χ1) is 11.7. The maximum absolute atomic E-state index is 11.9. The van der Waals surface area contributed by atoms with E-state index in [2.05, 4.69) is 25.9 Å². The number of nitrogens with zero attached hydrogens (tertiary/aromatic N) is 2. The molecule has 0 unspecified atom stereocenters. The number of hydrogen-bond donors (Lipinski definition) is 3. The number of guanidine groups is 1. The molecule has 25 heavy (non-hydrogen) atoms. The highest BCUT2D eigenvalue weighted by atomic mass is 127. The van der Waals surface area contributed by atoms with Crippen molar-refractivity contribution in [2.75, 3.05) is 18.9 Å². The van der Waals surface area contributed by atoms with Gasteiger partial charge in [-0.1, -0.05) is 36.4 Å². The zero-order chi connectivity index (χ0) is 17.2. The number of hydrogen-bond acceptors (Lipinski definition) is 3. The molecule has 7 heteroatoms. The number of anilines is 1. The van der Waals surface area contributed by atoms with Crippen LogP contribution in [0.4, 0.5) is 5.82 Å². The van der Waals surface area contributed by atoms with E-state index < -0.39 is 0 Å².